The lowest BCUT2D eigenvalue weighted by Crippen LogP contribution is -2.32. The summed E-state index contributed by atoms with van der Waals surface area (Å²) >= 11 is 0. The Balaban J connectivity index is 2.32. The molecular formula is C20H18N2O. The van der Waals surface area contributed by atoms with Crippen LogP contribution < -0.4 is 4.90 Å². The molecule has 3 rings (SSSR count). The third kappa shape index (κ3) is 2.53. The average molecular weight is 302 g/mol. The van der Waals surface area contributed by atoms with Gasteiger partial charge in [-0.1, -0.05) is 30.2 Å². The quantitative estimate of drug-likeness (QED) is 0.745. The second-order valence-electron chi connectivity index (χ2n) is 5.74. The number of likely N-dealkylation sites (N-methyl/N-ethyl adjacent to an activating group) is 1. The number of hydrogen-bond acceptors (Lipinski definition) is 2. The number of fused-ring (bicyclic) bond motifs is 1. The number of benzene rings is 2. The maximum atomic E-state index is 12.5. The van der Waals surface area contributed by atoms with Crippen LogP contribution >= 0.6 is 0 Å². The van der Waals surface area contributed by atoms with E-state index in [1.807, 2.05) is 56.3 Å². The van der Waals surface area contributed by atoms with Gasteiger partial charge in [0.2, 0.25) is 0 Å². The number of rotatable bonds is 1. The van der Waals surface area contributed by atoms with Crippen molar-refractivity contribution >= 4 is 17.3 Å². The lowest BCUT2D eigenvalue weighted by Gasteiger charge is -2.19. The molecule has 1 atom stereocenters. The Morgan fingerprint density at radius 2 is 1.91 bits per heavy atom. The summed E-state index contributed by atoms with van der Waals surface area (Å²) in [5, 5.41) is 0. The predicted octanol–water partition coefficient (Wildman–Crippen LogP) is 3.18. The normalized spacial score (nSPS) is 17.1. The molecule has 2 aromatic carbocycles. The molecular weight excluding hydrogens is 284 g/mol. The summed E-state index contributed by atoms with van der Waals surface area (Å²) in [6.45, 7) is 3.87. The van der Waals surface area contributed by atoms with Gasteiger partial charge in [-0.3, -0.25) is 9.79 Å². The first-order valence-electron chi connectivity index (χ1n) is 7.55. The molecule has 0 spiro atoms. The minimum atomic E-state index is -0.434. The van der Waals surface area contributed by atoms with Crippen LogP contribution in [0.2, 0.25) is 0 Å². The van der Waals surface area contributed by atoms with Crippen molar-refractivity contribution in [2.24, 2.45) is 4.99 Å². The molecule has 0 saturated carbocycles. The van der Waals surface area contributed by atoms with Crippen molar-refractivity contribution in [2.45, 2.75) is 19.9 Å². The highest BCUT2D eigenvalue weighted by Gasteiger charge is 2.27. The summed E-state index contributed by atoms with van der Waals surface area (Å²) in [6.07, 6.45) is 5.55. The van der Waals surface area contributed by atoms with Gasteiger partial charge in [0, 0.05) is 23.7 Å². The number of terminal acetylenes is 1. The lowest BCUT2D eigenvalue weighted by atomic mass is 9.95. The first kappa shape index (κ1) is 15.1. The zero-order valence-electron chi connectivity index (χ0n) is 13.5. The van der Waals surface area contributed by atoms with E-state index in [4.69, 9.17) is 11.4 Å². The molecule has 0 aromatic heterocycles. The molecule has 0 aliphatic carbocycles. The first-order chi connectivity index (χ1) is 11.0. The molecule has 0 fully saturated rings. The smallest absolute Gasteiger partial charge is 0.251 e. The number of aryl methyl sites for hydroxylation is 1. The second kappa shape index (κ2) is 5.73. The molecule has 23 heavy (non-hydrogen) atoms. The highest BCUT2D eigenvalue weighted by atomic mass is 16.2. The summed E-state index contributed by atoms with van der Waals surface area (Å²) in [5.41, 5.74) is 5.47. The van der Waals surface area contributed by atoms with Crippen LogP contribution in [0.25, 0.3) is 0 Å². The fourth-order valence-corrected chi connectivity index (χ4v) is 2.88. The molecule has 114 valence electrons. The second-order valence-corrected chi connectivity index (χ2v) is 5.74. The van der Waals surface area contributed by atoms with Gasteiger partial charge in [0.05, 0.1) is 11.4 Å². The summed E-state index contributed by atoms with van der Waals surface area (Å²) in [7, 11) is 1.78. The van der Waals surface area contributed by atoms with E-state index in [2.05, 4.69) is 5.92 Å². The Labute approximate surface area is 136 Å². The van der Waals surface area contributed by atoms with Crippen molar-refractivity contribution in [3.8, 4) is 12.3 Å². The van der Waals surface area contributed by atoms with Gasteiger partial charge in [-0.15, -0.1) is 6.42 Å². The molecule has 0 unspecified atom stereocenters. The Bertz CT molecular complexity index is 858. The van der Waals surface area contributed by atoms with E-state index in [9.17, 15) is 4.79 Å². The Morgan fingerprint density at radius 1 is 1.17 bits per heavy atom. The topological polar surface area (TPSA) is 32.7 Å². The van der Waals surface area contributed by atoms with Crippen molar-refractivity contribution in [1.82, 2.24) is 0 Å². The molecule has 1 amide bonds. The Hall–Kier alpha value is -2.86. The van der Waals surface area contributed by atoms with Gasteiger partial charge >= 0.3 is 0 Å². The number of nitrogens with zero attached hydrogens (tertiary/aromatic N) is 2. The fourth-order valence-electron chi connectivity index (χ4n) is 2.88. The number of hydrogen-bond donors (Lipinski definition) is 0. The van der Waals surface area contributed by atoms with E-state index in [0.717, 1.165) is 33.7 Å². The number of amides is 1. The number of anilines is 1. The summed E-state index contributed by atoms with van der Waals surface area (Å²) in [5.74, 6) is 2.64. The van der Waals surface area contributed by atoms with Gasteiger partial charge in [-0.25, -0.2) is 0 Å². The van der Waals surface area contributed by atoms with Crippen LogP contribution in [0.3, 0.4) is 0 Å². The largest absolute Gasteiger partial charge is 0.313 e. The summed E-state index contributed by atoms with van der Waals surface area (Å²) in [4.78, 5) is 18.9. The third-order valence-electron chi connectivity index (χ3n) is 4.19. The molecule has 0 radical (unpaired) electrons. The molecule has 0 saturated heterocycles. The first-order valence-corrected chi connectivity index (χ1v) is 7.55. The van der Waals surface area contributed by atoms with Crippen LogP contribution in [-0.4, -0.2) is 24.7 Å². The Morgan fingerprint density at radius 3 is 2.61 bits per heavy atom. The van der Waals surface area contributed by atoms with Gasteiger partial charge in [0.15, 0.2) is 0 Å². The van der Waals surface area contributed by atoms with E-state index < -0.39 is 6.04 Å². The van der Waals surface area contributed by atoms with Gasteiger partial charge < -0.3 is 4.90 Å². The monoisotopic (exact) mass is 302 g/mol. The van der Waals surface area contributed by atoms with Gasteiger partial charge in [0.25, 0.3) is 5.91 Å². The van der Waals surface area contributed by atoms with Gasteiger partial charge in [0.1, 0.15) is 6.04 Å². The molecule has 3 nitrogen and oxygen atoms in total. The minimum Gasteiger partial charge on any atom is -0.313 e. The van der Waals surface area contributed by atoms with Crippen molar-refractivity contribution in [2.75, 3.05) is 11.9 Å². The van der Waals surface area contributed by atoms with E-state index in [1.54, 1.807) is 11.9 Å². The molecule has 3 heteroatoms. The molecule has 0 bridgehead atoms. The molecule has 2 aromatic rings. The standard InChI is InChI=1S/C20H18N2O/c1-5-15-10-11-18-17(12-15)19(16-9-7-6-8-13(16)2)21-14(3)20(23)22(18)4/h1,6-12,14H,2-4H3/t14-/m1/s1. The van der Waals surface area contributed by atoms with E-state index >= 15 is 0 Å². The SMILES string of the molecule is C#Cc1ccc2c(c1)C(c1ccccc1C)=N[C@H](C)C(=O)N2C. The van der Waals surface area contributed by atoms with Crippen LogP contribution in [0.15, 0.2) is 47.5 Å². The van der Waals surface area contributed by atoms with E-state index in [0.29, 0.717) is 0 Å². The molecule has 0 N–H and O–H groups in total. The van der Waals surface area contributed by atoms with E-state index in [-0.39, 0.29) is 5.91 Å². The number of carbonyl (C=O) groups is 1. The lowest BCUT2D eigenvalue weighted by molar-refractivity contribution is -0.119. The van der Waals surface area contributed by atoms with Crippen LogP contribution in [0, 0.1) is 19.3 Å². The molecule has 1 heterocycles. The number of carbonyl (C=O) groups excluding carboxylic acids is 1. The molecule has 1 aliphatic rings. The van der Waals surface area contributed by atoms with Gasteiger partial charge in [-0.2, -0.15) is 0 Å². The fraction of sp³-hybridized carbons (Fsp3) is 0.200. The highest BCUT2D eigenvalue weighted by Crippen LogP contribution is 2.29. The average Bonchev–Trinajstić information content (AvgIpc) is 2.66. The minimum absolute atomic E-state index is 0.0247. The van der Waals surface area contributed by atoms with Crippen molar-refractivity contribution in [3.63, 3.8) is 0 Å². The highest BCUT2D eigenvalue weighted by molar-refractivity contribution is 6.20. The maximum Gasteiger partial charge on any atom is 0.251 e. The van der Waals surface area contributed by atoms with Crippen LogP contribution in [0.1, 0.15) is 29.2 Å². The van der Waals surface area contributed by atoms with Crippen molar-refractivity contribution < 1.29 is 4.79 Å². The Kier molecular flexibility index (Phi) is 3.75. The number of benzodiazepines with no additional fused rings is 1. The van der Waals surface area contributed by atoms with Gasteiger partial charge in [-0.05, 0) is 37.6 Å². The number of aliphatic imine (C=N–C) groups is 1. The van der Waals surface area contributed by atoms with Crippen LogP contribution in [-0.2, 0) is 4.79 Å². The van der Waals surface area contributed by atoms with Crippen LogP contribution in [0.5, 0.6) is 0 Å². The van der Waals surface area contributed by atoms with Crippen molar-refractivity contribution in [3.05, 3.63) is 64.7 Å². The summed E-state index contributed by atoms with van der Waals surface area (Å²) < 4.78 is 0. The van der Waals surface area contributed by atoms with Crippen molar-refractivity contribution in [1.29, 1.82) is 0 Å². The summed E-state index contributed by atoms with van der Waals surface area (Å²) in [6, 6.07) is 13.3. The predicted molar refractivity (Wildman–Crippen MR) is 94.1 cm³/mol. The van der Waals surface area contributed by atoms with E-state index in [1.165, 1.54) is 0 Å². The zero-order valence-corrected chi connectivity index (χ0v) is 13.5. The molecule has 1 aliphatic heterocycles. The van der Waals surface area contributed by atoms with Crippen LogP contribution in [0.4, 0.5) is 5.69 Å². The maximum absolute atomic E-state index is 12.5. The third-order valence-corrected chi connectivity index (χ3v) is 4.19. The zero-order chi connectivity index (χ0) is 16.6.